The summed E-state index contributed by atoms with van der Waals surface area (Å²) in [6, 6.07) is 8.89. The first-order chi connectivity index (χ1) is 10.3. The Labute approximate surface area is 131 Å². The van der Waals surface area contributed by atoms with Crippen LogP contribution in [0.4, 0.5) is 5.69 Å². The third-order valence-corrected chi connectivity index (χ3v) is 4.39. The molecular weight excluding hydrogens is 334 g/mol. The van der Waals surface area contributed by atoms with Crippen molar-refractivity contribution < 1.29 is 22.3 Å². The molecule has 0 N–H and O–H groups in total. The van der Waals surface area contributed by atoms with Crippen LogP contribution in [0.5, 0.6) is 11.5 Å². The summed E-state index contributed by atoms with van der Waals surface area (Å²) < 4.78 is 34.2. The number of methoxy groups -OCH3 is 1. The molecule has 7 nitrogen and oxygen atoms in total. The van der Waals surface area contributed by atoms with E-state index in [4.69, 9.17) is 20.5 Å². The van der Waals surface area contributed by atoms with Gasteiger partial charge < -0.3 is 8.92 Å². The maximum atomic E-state index is 12.2. The van der Waals surface area contributed by atoms with Crippen molar-refractivity contribution in [2.24, 2.45) is 0 Å². The van der Waals surface area contributed by atoms with Crippen molar-refractivity contribution in [2.75, 3.05) is 7.11 Å². The van der Waals surface area contributed by atoms with Crippen molar-refractivity contribution in [1.29, 1.82) is 0 Å². The Morgan fingerprint density at radius 2 is 1.68 bits per heavy atom. The van der Waals surface area contributed by atoms with Gasteiger partial charge in [0.1, 0.15) is 16.4 Å². The van der Waals surface area contributed by atoms with E-state index in [9.17, 15) is 18.5 Å². The SMILES string of the molecule is COc1ccc(OS(=O)(=O)c2cc([N+](=O)[O-])ccc2Cl)cc1. The normalized spacial score (nSPS) is 11.0. The summed E-state index contributed by atoms with van der Waals surface area (Å²) in [6.45, 7) is 0. The second kappa shape index (κ2) is 6.20. The van der Waals surface area contributed by atoms with Gasteiger partial charge in [-0.2, -0.15) is 8.42 Å². The predicted octanol–water partition coefficient (Wildman–Crippen LogP) is 3.02. The van der Waals surface area contributed by atoms with Gasteiger partial charge in [0.15, 0.2) is 0 Å². The van der Waals surface area contributed by atoms with E-state index in [1.807, 2.05) is 0 Å². The number of halogens is 1. The number of benzene rings is 2. The number of nitro groups is 1. The van der Waals surface area contributed by atoms with E-state index in [0.29, 0.717) is 5.75 Å². The average molecular weight is 344 g/mol. The minimum absolute atomic E-state index is 0.0309. The maximum absolute atomic E-state index is 12.2. The zero-order valence-corrected chi connectivity index (χ0v) is 12.8. The van der Waals surface area contributed by atoms with Crippen LogP contribution >= 0.6 is 11.6 Å². The number of nitro benzene ring substituents is 1. The monoisotopic (exact) mass is 343 g/mol. The van der Waals surface area contributed by atoms with Crippen molar-refractivity contribution in [3.63, 3.8) is 0 Å². The maximum Gasteiger partial charge on any atom is 0.340 e. The lowest BCUT2D eigenvalue weighted by atomic mass is 10.3. The van der Waals surface area contributed by atoms with E-state index in [1.165, 1.54) is 31.4 Å². The smallest absolute Gasteiger partial charge is 0.340 e. The largest absolute Gasteiger partial charge is 0.497 e. The third kappa shape index (κ3) is 3.46. The summed E-state index contributed by atoms with van der Waals surface area (Å²) in [4.78, 5) is 9.54. The molecule has 0 radical (unpaired) electrons. The van der Waals surface area contributed by atoms with Gasteiger partial charge in [0.25, 0.3) is 5.69 Å². The number of ether oxygens (including phenoxy) is 1. The number of non-ortho nitro benzene ring substituents is 1. The summed E-state index contributed by atoms with van der Waals surface area (Å²) in [6.07, 6.45) is 0. The molecule has 0 aliphatic carbocycles. The molecule has 0 saturated carbocycles. The quantitative estimate of drug-likeness (QED) is 0.470. The molecule has 0 atom stereocenters. The predicted molar refractivity (Wildman–Crippen MR) is 78.9 cm³/mol. The first-order valence-corrected chi connectivity index (χ1v) is 7.64. The zero-order valence-electron chi connectivity index (χ0n) is 11.2. The summed E-state index contributed by atoms with van der Waals surface area (Å²) >= 11 is 5.80. The summed E-state index contributed by atoms with van der Waals surface area (Å²) in [7, 11) is -2.83. The van der Waals surface area contributed by atoms with E-state index in [1.54, 1.807) is 0 Å². The average Bonchev–Trinajstić information content (AvgIpc) is 2.47. The molecule has 2 aromatic carbocycles. The Bertz CT molecular complexity index is 804. The first kappa shape index (κ1) is 16.1. The molecule has 0 aliphatic heterocycles. The van der Waals surface area contributed by atoms with Crippen LogP contribution in [-0.4, -0.2) is 20.5 Å². The number of rotatable bonds is 5. The third-order valence-electron chi connectivity index (χ3n) is 2.66. The van der Waals surface area contributed by atoms with Crippen molar-refractivity contribution in [2.45, 2.75) is 4.90 Å². The van der Waals surface area contributed by atoms with Gasteiger partial charge in [0.2, 0.25) is 0 Å². The van der Waals surface area contributed by atoms with Crippen LogP contribution in [0.15, 0.2) is 47.4 Å². The molecule has 0 spiro atoms. The van der Waals surface area contributed by atoms with Gasteiger partial charge in [-0.25, -0.2) is 0 Å². The van der Waals surface area contributed by atoms with E-state index in [0.717, 1.165) is 18.2 Å². The second-order valence-corrected chi connectivity index (χ2v) is 6.01. The molecule has 0 aromatic heterocycles. The van der Waals surface area contributed by atoms with Crippen LogP contribution in [0.2, 0.25) is 5.02 Å². The molecule has 0 unspecified atom stereocenters. The Hall–Kier alpha value is -2.32. The number of nitrogens with zero attached hydrogens (tertiary/aromatic N) is 1. The molecule has 0 fully saturated rings. The van der Waals surface area contributed by atoms with Gasteiger partial charge in [-0.3, -0.25) is 10.1 Å². The minimum Gasteiger partial charge on any atom is -0.497 e. The second-order valence-electron chi connectivity index (χ2n) is 4.08. The molecule has 22 heavy (non-hydrogen) atoms. The van der Waals surface area contributed by atoms with E-state index in [-0.39, 0.29) is 10.8 Å². The van der Waals surface area contributed by atoms with E-state index >= 15 is 0 Å². The molecule has 116 valence electrons. The molecule has 2 rings (SSSR count). The Morgan fingerprint density at radius 1 is 1.09 bits per heavy atom. The van der Waals surface area contributed by atoms with Crippen LogP contribution in [0.1, 0.15) is 0 Å². The summed E-state index contributed by atoms with van der Waals surface area (Å²) in [5, 5.41) is 10.6. The lowest BCUT2D eigenvalue weighted by Crippen LogP contribution is -2.10. The van der Waals surface area contributed by atoms with E-state index in [2.05, 4.69) is 0 Å². The van der Waals surface area contributed by atoms with Crippen LogP contribution in [0.3, 0.4) is 0 Å². The van der Waals surface area contributed by atoms with Crippen molar-refractivity contribution in [3.05, 3.63) is 57.6 Å². The molecule has 9 heteroatoms. The zero-order chi connectivity index (χ0) is 16.3. The molecule has 0 saturated heterocycles. The van der Waals surface area contributed by atoms with Gasteiger partial charge >= 0.3 is 10.1 Å². The fourth-order valence-corrected chi connectivity index (χ4v) is 3.03. The lowest BCUT2D eigenvalue weighted by molar-refractivity contribution is -0.385. The molecule has 2 aromatic rings. The highest BCUT2D eigenvalue weighted by atomic mass is 35.5. The summed E-state index contributed by atoms with van der Waals surface area (Å²) in [5.41, 5.74) is -0.402. The fraction of sp³-hybridized carbons (Fsp3) is 0.0769. The molecule has 0 amide bonds. The van der Waals surface area contributed by atoms with Crippen LogP contribution in [0, 0.1) is 10.1 Å². The van der Waals surface area contributed by atoms with Crippen molar-refractivity contribution >= 4 is 27.4 Å². The molecule has 0 heterocycles. The van der Waals surface area contributed by atoms with E-state index < -0.39 is 25.6 Å². The Kier molecular flexibility index (Phi) is 4.53. The van der Waals surface area contributed by atoms with Gasteiger partial charge in [-0.05, 0) is 30.3 Å². The Morgan fingerprint density at radius 3 is 2.23 bits per heavy atom. The van der Waals surface area contributed by atoms with Gasteiger partial charge in [-0.1, -0.05) is 11.6 Å². The highest BCUT2D eigenvalue weighted by molar-refractivity contribution is 7.87. The fourth-order valence-electron chi connectivity index (χ4n) is 1.60. The number of hydrogen-bond donors (Lipinski definition) is 0. The van der Waals surface area contributed by atoms with Crippen LogP contribution < -0.4 is 8.92 Å². The number of hydrogen-bond acceptors (Lipinski definition) is 6. The van der Waals surface area contributed by atoms with Gasteiger partial charge in [0, 0.05) is 12.1 Å². The Balaban J connectivity index is 2.37. The standard InChI is InChI=1S/C13H10ClNO6S/c1-20-10-3-5-11(6-4-10)21-22(18,19)13-8-9(15(16)17)2-7-12(13)14/h2-8H,1H3. The minimum atomic E-state index is -4.30. The molecule has 0 aliphatic rings. The highest BCUT2D eigenvalue weighted by Gasteiger charge is 2.23. The van der Waals surface area contributed by atoms with Crippen molar-refractivity contribution in [1.82, 2.24) is 0 Å². The van der Waals surface area contributed by atoms with Crippen LogP contribution in [-0.2, 0) is 10.1 Å². The van der Waals surface area contributed by atoms with Gasteiger partial charge in [-0.15, -0.1) is 0 Å². The highest BCUT2D eigenvalue weighted by Crippen LogP contribution is 2.29. The first-order valence-electron chi connectivity index (χ1n) is 5.86. The van der Waals surface area contributed by atoms with Crippen molar-refractivity contribution in [3.8, 4) is 11.5 Å². The van der Waals surface area contributed by atoms with Crippen LogP contribution in [0.25, 0.3) is 0 Å². The topological polar surface area (TPSA) is 95.7 Å². The van der Waals surface area contributed by atoms with Gasteiger partial charge in [0.05, 0.1) is 17.1 Å². The summed E-state index contributed by atoms with van der Waals surface area (Å²) in [5.74, 6) is 0.557. The lowest BCUT2D eigenvalue weighted by Gasteiger charge is -2.09. The molecular formula is C13H10ClNO6S. The molecule has 0 bridgehead atoms.